The predicted octanol–water partition coefficient (Wildman–Crippen LogP) is 3.99. The van der Waals surface area contributed by atoms with Crippen LogP contribution in [-0.4, -0.2) is 19.8 Å². The Bertz CT molecular complexity index is 318. The van der Waals surface area contributed by atoms with E-state index in [4.69, 9.17) is 21.1 Å². The molecule has 1 aromatic carbocycles. The van der Waals surface area contributed by atoms with Crippen LogP contribution in [0.4, 0.5) is 0 Å². The summed E-state index contributed by atoms with van der Waals surface area (Å²) in [6.07, 6.45) is 1.04. The first-order valence-corrected chi connectivity index (χ1v) is 6.65. The van der Waals surface area contributed by atoms with E-state index in [1.807, 2.05) is 18.2 Å². The third-order valence-corrected chi connectivity index (χ3v) is 3.07. The molecule has 90 valence electrons. The van der Waals surface area contributed by atoms with Gasteiger partial charge in [-0.1, -0.05) is 22.9 Å². The van der Waals surface area contributed by atoms with E-state index in [1.165, 1.54) is 0 Å². The van der Waals surface area contributed by atoms with E-state index in [1.54, 1.807) is 0 Å². The molecule has 0 aliphatic heterocycles. The molecule has 16 heavy (non-hydrogen) atoms. The van der Waals surface area contributed by atoms with Gasteiger partial charge in [0, 0.05) is 17.0 Å². The van der Waals surface area contributed by atoms with E-state index in [9.17, 15) is 0 Å². The molecule has 1 rings (SSSR count). The first-order valence-electron chi connectivity index (χ1n) is 5.33. The summed E-state index contributed by atoms with van der Waals surface area (Å²) in [7, 11) is 0. The molecule has 0 saturated carbocycles. The number of ether oxygens (including phenoxy) is 2. The van der Waals surface area contributed by atoms with Gasteiger partial charge in [-0.3, -0.25) is 0 Å². The number of hydrogen-bond acceptors (Lipinski definition) is 2. The fraction of sp³-hybridized carbons (Fsp3) is 0.500. The number of benzene rings is 1. The quantitative estimate of drug-likeness (QED) is 0.560. The average molecular weight is 308 g/mol. The van der Waals surface area contributed by atoms with Crippen LogP contribution in [0.5, 0.6) is 5.75 Å². The molecule has 0 aliphatic rings. The average Bonchev–Trinajstić information content (AvgIpc) is 2.31. The summed E-state index contributed by atoms with van der Waals surface area (Å²) < 4.78 is 11.9. The zero-order valence-electron chi connectivity index (χ0n) is 9.34. The number of rotatable bonds is 7. The van der Waals surface area contributed by atoms with E-state index in [-0.39, 0.29) is 0 Å². The summed E-state index contributed by atoms with van der Waals surface area (Å²) in [4.78, 5) is 0. The Balaban J connectivity index is 2.36. The van der Waals surface area contributed by atoms with E-state index < -0.39 is 0 Å². The number of halogens is 2. The second-order valence-electron chi connectivity index (χ2n) is 3.35. The molecule has 0 spiro atoms. The lowest BCUT2D eigenvalue weighted by Gasteiger charge is -2.08. The summed E-state index contributed by atoms with van der Waals surface area (Å²) in [6.45, 7) is 4.07. The van der Waals surface area contributed by atoms with Crippen molar-refractivity contribution in [2.45, 2.75) is 19.2 Å². The molecule has 0 fully saturated rings. The fourth-order valence-corrected chi connectivity index (χ4v) is 1.98. The third-order valence-electron chi connectivity index (χ3n) is 2.01. The van der Waals surface area contributed by atoms with Gasteiger partial charge < -0.3 is 9.47 Å². The van der Waals surface area contributed by atoms with Gasteiger partial charge in [-0.05, 0) is 30.2 Å². The Kier molecular flexibility index (Phi) is 6.85. The van der Waals surface area contributed by atoms with Crippen LogP contribution >= 0.6 is 27.5 Å². The van der Waals surface area contributed by atoms with Crippen LogP contribution in [0.2, 0.25) is 0 Å². The molecule has 0 aliphatic carbocycles. The molecule has 0 amide bonds. The van der Waals surface area contributed by atoms with Crippen molar-refractivity contribution in [1.29, 1.82) is 0 Å². The third kappa shape index (κ3) is 4.73. The van der Waals surface area contributed by atoms with Gasteiger partial charge in [0.05, 0.1) is 6.61 Å². The van der Waals surface area contributed by atoms with E-state index in [0.29, 0.717) is 19.1 Å². The Morgan fingerprint density at radius 3 is 2.75 bits per heavy atom. The molecule has 0 heterocycles. The zero-order chi connectivity index (χ0) is 11.8. The summed E-state index contributed by atoms with van der Waals surface area (Å²) in [5.74, 6) is 1.31. The van der Waals surface area contributed by atoms with Gasteiger partial charge in [0.15, 0.2) is 0 Å². The molecule has 4 heteroatoms. The molecule has 0 bridgehead atoms. The fourth-order valence-electron chi connectivity index (χ4n) is 1.21. The van der Waals surface area contributed by atoms with Crippen molar-refractivity contribution in [3.8, 4) is 5.75 Å². The maximum absolute atomic E-state index is 5.80. The molecular formula is C12H16BrClO2. The standard InChI is InChI=1S/C12H16BrClO2/c1-2-5-15-6-7-16-11-3-4-12(13)10(8-11)9-14/h3-4,8H,2,5-7,9H2,1H3. The second-order valence-corrected chi connectivity index (χ2v) is 4.47. The highest BCUT2D eigenvalue weighted by molar-refractivity contribution is 9.10. The molecule has 0 atom stereocenters. The Hall–Kier alpha value is -0.250. The zero-order valence-corrected chi connectivity index (χ0v) is 11.7. The van der Waals surface area contributed by atoms with Crippen LogP contribution in [0.15, 0.2) is 22.7 Å². The summed E-state index contributed by atoms with van der Waals surface area (Å²) in [5, 5.41) is 0. The molecule has 0 radical (unpaired) electrons. The molecule has 0 aromatic heterocycles. The summed E-state index contributed by atoms with van der Waals surface area (Å²) in [6, 6.07) is 5.80. The van der Waals surface area contributed by atoms with Gasteiger partial charge in [0.25, 0.3) is 0 Å². The van der Waals surface area contributed by atoms with Gasteiger partial charge >= 0.3 is 0 Å². The van der Waals surface area contributed by atoms with Crippen LogP contribution < -0.4 is 4.74 Å². The molecule has 2 nitrogen and oxygen atoms in total. The van der Waals surface area contributed by atoms with Gasteiger partial charge in [-0.25, -0.2) is 0 Å². The first kappa shape index (κ1) is 13.8. The number of alkyl halides is 1. The topological polar surface area (TPSA) is 18.5 Å². The Labute approximate surface area is 110 Å². The van der Waals surface area contributed by atoms with E-state index in [0.717, 1.165) is 28.8 Å². The van der Waals surface area contributed by atoms with Crippen molar-refractivity contribution >= 4 is 27.5 Å². The lowest BCUT2D eigenvalue weighted by Crippen LogP contribution is -2.07. The minimum absolute atomic E-state index is 0.476. The smallest absolute Gasteiger partial charge is 0.119 e. The maximum atomic E-state index is 5.80. The molecule has 1 aromatic rings. The lowest BCUT2D eigenvalue weighted by molar-refractivity contribution is 0.101. The van der Waals surface area contributed by atoms with Gasteiger partial charge in [-0.15, -0.1) is 11.6 Å². The van der Waals surface area contributed by atoms with E-state index in [2.05, 4.69) is 22.9 Å². The Morgan fingerprint density at radius 1 is 1.25 bits per heavy atom. The highest BCUT2D eigenvalue weighted by Gasteiger charge is 2.01. The lowest BCUT2D eigenvalue weighted by atomic mass is 10.2. The van der Waals surface area contributed by atoms with Crippen molar-refractivity contribution in [3.05, 3.63) is 28.2 Å². The van der Waals surface area contributed by atoms with Crippen molar-refractivity contribution < 1.29 is 9.47 Å². The molecule has 0 saturated heterocycles. The van der Waals surface area contributed by atoms with Crippen LogP contribution in [0.1, 0.15) is 18.9 Å². The van der Waals surface area contributed by atoms with Crippen LogP contribution in [0.3, 0.4) is 0 Å². The highest BCUT2D eigenvalue weighted by atomic mass is 79.9. The van der Waals surface area contributed by atoms with Crippen molar-refractivity contribution in [1.82, 2.24) is 0 Å². The minimum Gasteiger partial charge on any atom is -0.491 e. The minimum atomic E-state index is 0.476. The molecule has 0 N–H and O–H groups in total. The first-order chi connectivity index (χ1) is 7.77. The van der Waals surface area contributed by atoms with Crippen molar-refractivity contribution in [2.75, 3.05) is 19.8 Å². The SMILES string of the molecule is CCCOCCOc1ccc(Br)c(CCl)c1. The van der Waals surface area contributed by atoms with Gasteiger partial charge in [0.2, 0.25) is 0 Å². The highest BCUT2D eigenvalue weighted by Crippen LogP contribution is 2.23. The van der Waals surface area contributed by atoms with E-state index >= 15 is 0 Å². The second kappa shape index (κ2) is 7.93. The van der Waals surface area contributed by atoms with Crippen molar-refractivity contribution in [3.63, 3.8) is 0 Å². The number of hydrogen-bond donors (Lipinski definition) is 0. The summed E-state index contributed by atoms with van der Waals surface area (Å²) in [5.41, 5.74) is 1.04. The monoisotopic (exact) mass is 306 g/mol. The van der Waals surface area contributed by atoms with Crippen LogP contribution in [0, 0.1) is 0 Å². The predicted molar refractivity (Wildman–Crippen MR) is 70.3 cm³/mol. The maximum Gasteiger partial charge on any atom is 0.119 e. The summed E-state index contributed by atoms with van der Waals surface area (Å²) >= 11 is 9.22. The van der Waals surface area contributed by atoms with Gasteiger partial charge in [0.1, 0.15) is 12.4 Å². The van der Waals surface area contributed by atoms with Gasteiger partial charge in [-0.2, -0.15) is 0 Å². The largest absolute Gasteiger partial charge is 0.491 e. The van der Waals surface area contributed by atoms with Crippen molar-refractivity contribution in [2.24, 2.45) is 0 Å². The molecule has 0 unspecified atom stereocenters. The van der Waals surface area contributed by atoms with Crippen LogP contribution in [-0.2, 0) is 10.6 Å². The normalized spacial score (nSPS) is 10.4. The Morgan fingerprint density at radius 2 is 2.06 bits per heavy atom. The molecular weight excluding hydrogens is 291 g/mol. The van der Waals surface area contributed by atoms with Crippen LogP contribution in [0.25, 0.3) is 0 Å².